The minimum absolute atomic E-state index is 0.0443. The second-order valence-electron chi connectivity index (χ2n) is 8.79. The van der Waals surface area contributed by atoms with Gasteiger partial charge in [0.2, 0.25) is 0 Å². The minimum atomic E-state index is -1.30. The first-order chi connectivity index (χ1) is 18.6. The molecule has 10 heteroatoms. The van der Waals surface area contributed by atoms with Crippen molar-refractivity contribution in [1.29, 1.82) is 0 Å². The van der Waals surface area contributed by atoms with Crippen LogP contribution in [0.2, 0.25) is 10.0 Å². The van der Waals surface area contributed by atoms with E-state index in [1.54, 1.807) is 42.5 Å². The normalized spacial score (nSPS) is 12.0. The Kier molecular flexibility index (Phi) is 11.1. The van der Waals surface area contributed by atoms with Crippen molar-refractivity contribution in [2.24, 2.45) is 0 Å². The summed E-state index contributed by atoms with van der Waals surface area (Å²) in [7, 11) is 0. The predicted molar refractivity (Wildman–Crippen MR) is 149 cm³/mol. The van der Waals surface area contributed by atoms with Crippen LogP contribution in [0.3, 0.4) is 0 Å². The van der Waals surface area contributed by atoms with E-state index in [4.69, 9.17) is 28.4 Å². The molecule has 2 atom stereocenters. The van der Waals surface area contributed by atoms with E-state index >= 15 is 0 Å². The number of carbonyl (C=O) groups excluding carboxylic acids is 3. The van der Waals surface area contributed by atoms with Crippen molar-refractivity contribution in [3.05, 3.63) is 105 Å². The maximum Gasteiger partial charge on any atom is 0.268 e. The number of aliphatic hydroxyl groups excluding tert-OH is 1. The molecule has 3 aromatic rings. The monoisotopic (exact) mass is 567 g/mol. The van der Waals surface area contributed by atoms with Gasteiger partial charge in [-0.2, -0.15) is 0 Å². The van der Waals surface area contributed by atoms with Crippen LogP contribution in [-0.4, -0.2) is 46.6 Å². The third kappa shape index (κ3) is 9.52. The number of hydrogen-bond donors (Lipinski definition) is 5. The van der Waals surface area contributed by atoms with Gasteiger partial charge in [0, 0.05) is 39.7 Å². The molecule has 0 saturated carbocycles. The van der Waals surface area contributed by atoms with Gasteiger partial charge in [0.05, 0.1) is 12.6 Å². The minimum Gasteiger partial charge on any atom is -0.391 e. The summed E-state index contributed by atoms with van der Waals surface area (Å²) in [6.45, 7) is 2.02. The summed E-state index contributed by atoms with van der Waals surface area (Å²) in [5, 5.41) is 25.0. The van der Waals surface area contributed by atoms with E-state index in [1.807, 2.05) is 24.3 Å². The summed E-state index contributed by atoms with van der Waals surface area (Å²) < 4.78 is 0. The molecule has 0 aliphatic carbocycles. The molecule has 0 heterocycles. The lowest BCUT2D eigenvalue weighted by molar-refractivity contribution is -0.133. The maximum atomic E-state index is 12.4. The Morgan fingerprint density at radius 3 is 1.97 bits per heavy atom. The number of halogens is 2. The highest BCUT2D eigenvalue weighted by atomic mass is 35.5. The summed E-state index contributed by atoms with van der Waals surface area (Å²) >= 11 is 12.0. The molecule has 0 aliphatic heterocycles. The summed E-state index contributed by atoms with van der Waals surface area (Å²) in [4.78, 5) is 36.3. The molecule has 202 valence electrons. The summed E-state index contributed by atoms with van der Waals surface area (Å²) in [5.41, 5.74) is 4.88. The van der Waals surface area contributed by atoms with Crippen LogP contribution >= 0.6 is 23.2 Å². The van der Waals surface area contributed by atoms with Gasteiger partial charge in [0.15, 0.2) is 5.78 Å². The smallest absolute Gasteiger partial charge is 0.268 e. The van der Waals surface area contributed by atoms with Gasteiger partial charge >= 0.3 is 0 Å². The quantitative estimate of drug-likeness (QED) is 0.145. The molecule has 2 amide bonds. The number of carbonyl (C=O) groups is 3. The van der Waals surface area contributed by atoms with Crippen LogP contribution in [0, 0.1) is 11.8 Å². The highest BCUT2D eigenvalue weighted by Gasteiger charge is 2.25. The molecule has 39 heavy (non-hydrogen) atoms. The zero-order valence-electron chi connectivity index (χ0n) is 21.0. The van der Waals surface area contributed by atoms with Crippen molar-refractivity contribution < 1.29 is 24.7 Å². The summed E-state index contributed by atoms with van der Waals surface area (Å²) in [5.74, 6) is 4.58. The summed E-state index contributed by atoms with van der Waals surface area (Å²) in [6.07, 6.45) is -0.914. The van der Waals surface area contributed by atoms with Crippen LogP contribution in [0.15, 0.2) is 66.7 Å². The van der Waals surface area contributed by atoms with Crippen molar-refractivity contribution in [2.45, 2.75) is 32.0 Å². The fourth-order valence-corrected chi connectivity index (χ4v) is 4.18. The zero-order valence-corrected chi connectivity index (χ0v) is 22.5. The number of Topliss-reactive ketones (excluding diaryl/α,β-unsaturated/α-hetero) is 1. The molecule has 0 radical (unpaired) electrons. The molecule has 3 aromatic carbocycles. The van der Waals surface area contributed by atoms with Gasteiger partial charge < -0.3 is 15.7 Å². The Morgan fingerprint density at radius 1 is 0.872 bits per heavy atom. The highest BCUT2D eigenvalue weighted by Crippen LogP contribution is 2.18. The molecule has 0 aliphatic rings. The first-order valence-corrected chi connectivity index (χ1v) is 12.7. The number of amides is 2. The topological polar surface area (TPSA) is 128 Å². The van der Waals surface area contributed by atoms with Gasteiger partial charge in [0.25, 0.3) is 11.8 Å². The SMILES string of the molecule is C[C@@H](O)[C@H](NC(=O)c1ccc(C#Cc2ccc(CC(=O)CNCc3cc(Cl)cc(Cl)c3)cc2)cc1)C(=O)NO. The Morgan fingerprint density at radius 2 is 1.44 bits per heavy atom. The molecule has 0 spiro atoms. The van der Waals surface area contributed by atoms with Gasteiger partial charge in [-0.3, -0.25) is 19.6 Å². The van der Waals surface area contributed by atoms with E-state index in [2.05, 4.69) is 22.5 Å². The molecule has 0 aromatic heterocycles. The number of benzene rings is 3. The molecule has 0 saturated heterocycles. The summed E-state index contributed by atoms with van der Waals surface area (Å²) in [6, 6.07) is 17.7. The molecule has 0 fully saturated rings. The number of ketones is 1. The molecule has 0 bridgehead atoms. The van der Waals surface area contributed by atoms with Crippen LogP contribution in [0.1, 0.15) is 39.5 Å². The van der Waals surface area contributed by atoms with E-state index < -0.39 is 24.0 Å². The molecular formula is C29H27Cl2N3O5. The standard InChI is InChI=1S/C29H27Cl2N3O5/c1-18(35)27(29(38)34-39)33-28(37)23-10-8-20(9-11-23)3-2-19-4-6-21(7-5-19)14-26(36)17-32-16-22-12-24(30)15-25(31)13-22/h4-13,15,18,27,32,35,39H,14,16-17H2,1H3,(H,33,37)(H,34,38)/t18-,27+/m1/s1. The first-order valence-electron chi connectivity index (χ1n) is 12.0. The van der Waals surface area contributed by atoms with E-state index in [-0.39, 0.29) is 24.3 Å². The van der Waals surface area contributed by atoms with E-state index in [9.17, 15) is 19.5 Å². The van der Waals surface area contributed by atoms with Crippen molar-refractivity contribution in [1.82, 2.24) is 16.1 Å². The number of aliphatic hydroxyl groups is 1. The average molecular weight is 568 g/mol. The second kappa shape index (κ2) is 14.4. The van der Waals surface area contributed by atoms with Crippen molar-refractivity contribution >= 4 is 40.8 Å². The third-order valence-corrected chi connectivity index (χ3v) is 6.03. The van der Waals surface area contributed by atoms with Crippen molar-refractivity contribution in [3.63, 3.8) is 0 Å². The number of hydroxylamine groups is 1. The van der Waals surface area contributed by atoms with E-state index in [1.165, 1.54) is 12.4 Å². The fraction of sp³-hybridized carbons (Fsp3) is 0.207. The van der Waals surface area contributed by atoms with Gasteiger partial charge in [0.1, 0.15) is 6.04 Å². The van der Waals surface area contributed by atoms with Crippen LogP contribution < -0.4 is 16.1 Å². The predicted octanol–water partition coefficient (Wildman–Crippen LogP) is 3.28. The van der Waals surface area contributed by atoms with Crippen molar-refractivity contribution in [2.75, 3.05) is 6.54 Å². The van der Waals surface area contributed by atoms with Gasteiger partial charge in [-0.25, -0.2) is 5.48 Å². The van der Waals surface area contributed by atoms with E-state index in [0.29, 0.717) is 22.2 Å². The molecule has 5 N–H and O–H groups in total. The van der Waals surface area contributed by atoms with Crippen LogP contribution in [0.4, 0.5) is 0 Å². The average Bonchev–Trinajstić information content (AvgIpc) is 2.90. The Balaban J connectivity index is 1.50. The Bertz CT molecular complexity index is 1360. The van der Waals surface area contributed by atoms with Gasteiger partial charge in [-0.15, -0.1) is 0 Å². The highest BCUT2D eigenvalue weighted by molar-refractivity contribution is 6.34. The third-order valence-electron chi connectivity index (χ3n) is 5.59. The lowest BCUT2D eigenvalue weighted by Crippen LogP contribution is -2.51. The number of rotatable bonds is 10. The van der Waals surface area contributed by atoms with Crippen molar-refractivity contribution in [3.8, 4) is 11.8 Å². The van der Waals surface area contributed by atoms with Crippen LogP contribution in [-0.2, 0) is 22.6 Å². The fourth-order valence-electron chi connectivity index (χ4n) is 3.60. The molecular weight excluding hydrogens is 541 g/mol. The lowest BCUT2D eigenvalue weighted by atomic mass is 10.1. The van der Waals surface area contributed by atoms with Gasteiger partial charge in [-0.1, -0.05) is 47.2 Å². The van der Waals surface area contributed by atoms with Gasteiger partial charge in [-0.05, 0) is 72.6 Å². The zero-order chi connectivity index (χ0) is 28.4. The van der Waals surface area contributed by atoms with Crippen LogP contribution in [0.5, 0.6) is 0 Å². The Hall–Kier alpha value is -3.71. The lowest BCUT2D eigenvalue weighted by Gasteiger charge is -2.19. The Labute approximate surface area is 236 Å². The molecule has 0 unspecified atom stereocenters. The van der Waals surface area contributed by atoms with Crippen LogP contribution in [0.25, 0.3) is 0 Å². The second-order valence-corrected chi connectivity index (χ2v) is 9.66. The maximum absolute atomic E-state index is 12.4. The molecule has 8 nitrogen and oxygen atoms in total. The first kappa shape index (κ1) is 29.8. The number of hydrogen-bond acceptors (Lipinski definition) is 6. The van der Waals surface area contributed by atoms with E-state index in [0.717, 1.165) is 16.7 Å². The molecule has 3 rings (SSSR count). The number of nitrogens with one attached hydrogen (secondary N) is 3. The largest absolute Gasteiger partial charge is 0.391 e.